The highest BCUT2D eigenvalue weighted by Crippen LogP contribution is 2.28. The number of hydrogen-bond acceptors (Lipinski definition) is 7. The summed E-state index contributed by atoms with van der Waals surface area (Å²) in [7, 11) is -3.84. The first-order chi connectivity index (χ1) is 15.7. The van der Waals surface area contributed by atoms with Crippen molar-refractivity contribution >= 4 is 21.8 Å². The molecule has 1 aromatic rings. The number of morpholine rings is 1. The maximum Gasteiger partial charge on any atom is 0.309 e. The topological polar surface area (TPSA) is 117 Å². The van der Waals surface area contributed by atoms with E-state index in [1.165, 1.54) is 4.31 Å². The Morgan fingerprint density at radius 3 is 2.30 bits per heavy atom. The second-order valence-electron chi connectivity index (χ2n) is 8.44. The molecular weight excluding hydrogens is 448 g/mol. The molecule has 3 rings (SSSR count). The van der Waals surface area contributed by atoms with Crippen molar-refractivity contribution in [3.8, 4) is 0 Å². The molecule has 2 fully saturated rings. The lowest BCUT2D eigenvalue weighted by atomic mass is 10.1. The molecule has 2 N–H and O–H groups in total. The van der Waals surface area contributed by atoms with E-state index in [-0.39, 0.29) is 18.0 Å². The van der Waals surface area contributed by atoms with E-state index in [4.69, 9.17) is 9.47 Å². The van der Waals surface area contributed by atoms with Crippen molar-refractivity contribution in [1.29, 1.82) is 0 Å². The van der Waals surface area contributed by atoms with Gasteiger partial charge in [0.15, 0.2) is 0 Å². The molecule has 2 heterocycles. The minimum atomic E-state index is -3.84. The molecule has 0 spiro atoms. The first-order valence-electron chi connectivity index (χ1n) is 11.3. The zero-order valence-corrected chi connectivity index (χ0v) is 20.4. The SMILES string of the molecule is Cc1cc(C)c(S(=O)(=O)N2CCCOC2CNC(=O)C(=O)NCCN2CCOCC2)c(C)c1. The number of nitrogens with one attached hydrogen (secondary N) is 2. The Hall–Kier alpha value is -2.05. The molecule has 1 atom stereocenters. The van der Waals surface area contributed by atoms with E-state index in [9.17, 15) is 18.0 Å². The molecule has 0 bridgehead atoms. The van der Waals surface area contributed by atoms with Crippen LogP contribution in [0.25, 0.3) is 0 Å². The third-order valence-corrected chi connectivity index (χ3v) is 7.98. The van der Waals surface area contributed by atoms with Gasteiger partial charge < -0.3 is 20.1 Å². The lowest BCUT2D eigenvalue weighted by Gasteiger charge is -2.35. The maximum atomic E-state index is 13.5. The fourth-order valence-corrected chi connectivity index (χ4v) is 6.27. The summed E-state index contributed by atoms with van der Waals surface area (Å²) in [5, 5.41) is 5.12. The fourth-order valence-electron chi connectivity index (χ4n) is 4.29. The molecule has 2 saturated heterocycles. The zero-order valence-electron chi connectivity index (χ0n) is 19.6. The number of carbonyl (C=O) groups excluding carboxylic acids is 2. The van der Waals surface area contributed by atoms with Gasteiger partial charge in [0.2, 0.25) is 10.0 Å². The monoisotopic (exact) mass is 482 g/mol. The number of benzene rings is 1. The van der Waals surface area contributed by atoms with Gasteiger partial charge in [-0.25, -0.2) is 8.42 Å². The molecule has 33 heavy (non-hydrogen) atoms. The van der Waals surface area contributed by atoms with Gasteiger partial charge >= 0.3 is 11.8 Å². The normalized spacial score (nSPS) is 20.4. The summed E-state index contributed by atoms with van der Waals surface area (Å²) in [5.74, 6) is -1.56. The smallest absolute Gasteiger partial charge is 0.309 e. The molecule has 0 saturated carbocycles. The molecule has 0 aromatic heterocycles. The Kier molecular flexibility index (Phi) is 8.82. The Morgan fingerprint density at radius 1 is 1.00 bits per heavy atom. The number of hydrogen-bond donors (Lipinski definition) is 2. The molecule has 0 radical (unpaired) electrons. The largest absolute Gasteiger partial charge is 0.379 e. The van der Waals surface area contributed by atoms with Crippen molar-refractivity contribution < 1.29 is 27.5 Å². The van der Waals surface area contributed by atoms with E-state index in [1.54, 1.807) is 13.8 Å². The van der Waals surface area contributed by atoms with E-state index >= 15 is 0 Å². The Morgan fingerprint density at radius 2 is 1.64 bits per heavy atom. The number of amides is 2. The molecule has 2 amide bonds. The summed E-state index contributed by atoms with van der Waals surface area (Å²) >= 11 is 0. The molecule has 1 aromatic carbocycles. The third-order valence-electron chi connectivity index (χ3n) is 5.79. The van der Waals surface area contributed by atoms with Crippen LogP contribution in [-0.4, -0.2) is 94.8 Å². The Labute approximate surface area is 195 Å². The minimum Gasteiger partial charge on any atom is -0.379 e. The van der Waals surface area contributed by atoms with Gasteiger partial charge in [0.05, 0.1) is 31.3 Å². The van der Waals surface area contributed by atoms with Gasteiger partial charge in [-0.2, -0.15) is 4.31 Å². The van der Waals surface area contributed by atoms with Gasteiger partial charge in [0.25, 0.3) is 0 Å². The second kappa shape index (κ2) is 11.4. The summed E-state index contributed by atoms with van der Waals surface area (Å²) in [5.41, 5.74) is 2.32. The van der Waals surface area contributed by atoms with Crippen molar-refractivity contribution in [1.82, 2.24) is 19.8 Å². The number of aryl methyl sites for hydroxylation is 3. The summed E-state index contributed by atoms with van der Waals surface area (Å²) in [6.07, 6.45) is -0.329. The van der Waals surface area contributed by atoms with Crippen LogP contribution in [0.5, 0.6) is 0 Å². The quantitative estimate of drug-likeness (QED) is 0.522. The molecule has 11 heteroatoms. The van der Waals surface area contributed by atoms with Crippen LogP contribution in [-0.2, 0) is 29.1 Å². The number of carbonyl (C=O) groups is 2. The lowest BCUT2D eigenvalue weighted by molar-refractivity contribution is -0.140. The number of sulfonamides is 1. The van der Waals surface area contributed by atoms with Gasteiger partial charge in [-0.15, -0.1) is 0 Å². The van der Waals surface area contributed by atoms with Gasteiger partial charge in [-0.1, -0.05) is 17.7 Å². The maximum absolute atomic E-state index is 13.5. The van der Waals surface area contributed by atoms with E-state index in [0.29, 0.717) is 50.5 Å². The summed E-state index contributed by atoms with van der Waals surface area (Å²) in [4.78, 5) is 26.8. The summed E-state index contributed by atoms with van der Waals surface area (Å²) in [6, 6.07) is 3.67. The number of rotatable bonds is 7. The van der Waals surface area contributed by atoms with Crippen LogP contribution in [0.15, 0.2) is 17.0 Å². The molecule has 184 valence electrons. The first-order valence-corrected chi connectivity index (χ1v) is 12.7. The Balaban J connectivity index is 1.58. The van der Waals surface area contributed by atoms with Gasteiger partial charge in [0.1, 0.15) is 6.23 Å². The fraction of sp³-hybridized carbons (Fsp3) is 0.636. The average molecular weight is 483 g/mol. The third kappa shape index (κ3) is 6.51. The Bertz CT molecular complexity index is 939. The number of nitrogens with zero attached hydrogens (tertiary/aromatic N) is 2. The second-order valence-corrected chi connectivity index (χ2v) is 10.3. The first kappa shape index (κ1) is 25.6. The zero-order chi connectivity index (χ0) is 24.0. The minimum absolute atomic E-state index is 0.112. The van der Waals surface area contributed by atoms with Crippen molar-refractivity contribution in [3.63, 3.8) is 0 Å². The van der Waals surface area contributed by atoms with E-state index in [0.717, 1.165) is 18.7 Å². The highest BCUT2D eigenvalue weighted by molar-refractivity contribution is 7.89. The van der Waals surface area contributed by atoms with E-state index in [2.05, 4.69) is 15.5 Å². The van der Waals surface area contributed by atoms with Gasteiger partial charge in [-0.3, -0.25) is 14.5 Å². The molecule has 1 unspecified atom stereocenters. The van der Waals surface area contributed by atoms with Crippen LogP contribution < -0.4 is 10.6 Å². The van der Waals surface area contributed by atoms with E-state index in [1.807, 2.05) is 19.1 Å². The van der Waals surface area contributed by atoms with Crippen molar-refractivity contribution in [2.24, 2.45) is 0 Å². The van der Waals surface area contributed by atoms with Crippen LogP contribution in [0.3, 0.4) is 0 Å². The summed E-state index contributed by atoms with van der Waals surface area (Å²) in [6.45, 7) is 9.92. The predicted molar refractivity (Wildman–Crippen MR) is 122 cm³/mol. The van der Waals surface area contributed by atoms with Crippen LogP contribution in [0.1, 0.15) is 23.1 Å². The molecular formula is C22H34N4O6S. The highest BCUT2D eigenvalue weighted by Gasteiger charge is 2.36. The molecule has 10 nitrogen and oxygen atoms in total. The predicted octanol–water partition coefficient (Wildman–Crippen LogP) is -0.0864. The molecule has 2 aliphatic heterocycles. The summed E-state index contributed by atoms with van der Waals surface area (Å²) < 4.78 is 39.2. The lowest BCUT2D eigenvalue weighted by Crippen LogP contribution is -2.53. The molecule has 0 aliphatic carbocycles. The van der Waals surface area contributed by atoms with Crippen LogP contribution in [0.2, 0.25) is 0 Å². The number of ether oxygens (including phenoxy) is 2. The van der Waals surface area contributed by atoms with Crippen molar-refractivity contribution in [3.05, 3.63) is 28.8 Å². The van der Waals surface area contributed by atoms with Gasteiger partial charge in [-0.05, 0) is 38.3 Å². The van der Waals surface area contributed by atoms with Crippen molar-refractivity contribution in [2.45, 2.75) is 38.3 Å². The van der Waals surface area contributed by atoms with Crippen LogP contribution >= 0.6 is 0 Å². The van der Waals surface area contributed by atoms with E-state index < -0.39 is 28.1 Å². The van der Waals surface area contributed by atoms with Gasteiger partial charge in [0, 0.05) is 32.7 Å². The standard InChI is InChI=1S/C22H34N4O6S/c1-16-13-17(2)20(18(3)14-16)33(29,30)26-6-4-10-32-19(26)15-24-22(28)21(27)23-5-7-25-8-11-31-12-9-25/h13-14,19H,4-12,15H2,1-3H3,(H,23,27)(H,24,28). The highest BCUT2D eigenvalue weighted by atomic mass is 32.2. The average Bonchev–Trinajstić information content (AvgIpc) is 2.77. The van der Waals surface area contributed by atoms with Crippen molar-refractivity contribution in [2.75, 3.05) is 59.1 Å². The molecule has 2 aliphatic rings. The van der Waals surface area contributed by atoms with Crippen LogP contribution in [0, 0.1) is 20.8 Å². The van der Waals surface area contributed by atoms with Crippen LogP contribution in [0.4, 0.5) is 0 Å².